The van der Waals surface area contributed by atoms with Gasteiger partial charge in [0.25, 0.3) is 0 Å². The second-order valence-corrected chi connectivity index (χ2v) is 15.8. The van der Waals surface area contributed by atoms with E-state index in [-0.39, 0.29) is 37.3 Å². The highest BCUT2D eigenvalue weighted by molar-refractivity contribution is 5.83. The molecule has 13 heteroatoms. The maximum atomic E-state index is 14.1. The van der Waals surface area contributed by atoms with Crippen LogP contribution in [0.4, 0.5) is 4.79 Å². The molecule has 0 radical (unpaired) electrons. The van der Waals surface area contributed by atoms with Crippen molar-refractivity contribution >= 4 is 17.8 Å². The summed E-state index contributed by atoms with van der Waals surface area (Å²) >= 11 is 0. The van der Waals surface area contributed by atoms with Crippen LogP contribution in [0.25, 0.3) is 0 Å². The number of aliphatic hydroxyl groups excluding tert-OH is 1. The molecule has 0 spiro atoms. The van der Waals surface area contributed by atoms with Gasteiger partial charge in [-0.2, -0.15) is 0 Å². The fraction of sp³-hybridized carbons (Fsp3) is 0.775. The van der Waals surface area contributed by atoms with E-state index in [1.54, 1.807) is 41.5 Å². The van der Waals surface area contributed by atoms with Crippen LogP contribution in [-0.2, 0) is 44.4 Å². The molecule has 3 N–H and O–H groups in total. The summed E-state index contributed by atoms with van der Waals surface area (Å²) in [6, 6.07) is 9.39. The van der Waals surface area contributed by atoms with Crippen LogP contribution in [-0.4, -0.2) is 128 Å². The number of aliphatic hydroxyl groups is 2. The number of carbonyl (C=O) groups excluding carboxylic acids is 3. The van der Waals surface area contributed by atoms with Crippen LogP contribution in [0.3, 0.4) is 0 Å². The van der Waals surface area contributed by atoms with Crippen molar-refractivity contribution in [3.8, 4) is 0 Å². The van der Waals surface area contributed by atoms with Gasteiger partial charge in [-0.25, -0.2) is 4.79 Å². The second-order valence-electron chi connectivity index (χ2n) is 15.8. The van der Waals surface area contributed by atoms with Gasteiger partial charge in [0.1, 0.15) is 29.7 Å². The maximum Gasteiger partial charge on any atom is 0.407 e. The molecular weight excluding hydrogens is 684 g/mol. The number of carbonyl (C=O) groups is 3. The molecule has 302 valence electrons. The van der Waals surface area contributed by atoms with E-state index in [0.29, 0.717) is 12.8 Å². The lowest BCUT2D eigenvalue weighted by molar-refractivity contribution is -0.301. The first kappa shape index (κ1) is 44.7. The standard InChI is InChI=1S/C40H66N2O11/c1-13-30-40(8,47)35(48-11)25(4)31(43)23(2)22-39(7,49-12)34(53-37-32(44)29(42(9)10)21-24(3)50-37)26(5)33(27(6)36(45)51-30)52-38(46)41-20-19-28-17-15-14-16-18-28/h14-18,23-27,29-30,32-35,37,44,47H,13,19-22H2,1-12H3,(H,41,46)/t23-,24-,25+,26+,27-,29+,30-,32-,33+,34-,35-,37+,39-,40-/m1/s1. The van der Waals surface area contributed by atoms with Crippen molar-refractivity contribution in [3.05, 3.63) is 35.9 Å². The van der Waals surface area contributed by atoms with Crippen molar-refractivity contribution in [2.24, 2.45) is 23.7 Å². The predicted octanol–water partition coefficient (Wildman–Crippen LogP) is 4.15. The lowest BCUT2D eigenvalue weighted by Gasteiger charge is -2.48. The minimum atomic E-state index is -1.75. The van der Waals surface area contributed by atoms with Crippen LogP contribution in [0.2, 0.25) is 0 Å². The summed E-state index contributed by atoms with van der Waals surface area (Å²) in [5.41, 5.74) is -1.97. The monoisotopic (exact) mass is 750 g/mol. The molecule has 1 amide bonds. The number of amides is 1. The number of rotatable bonds is 10. The first-order chi connectivity index (χ1) is 24.8. The van der Waals surface area contributed by atoms with E-state index in [2.05, 4.69) is 5.32 Å². The molecule has 3 rings (SSSR count). The molecule has 0 unspecified atom stereocenters. The van der Waals surface area contributed by atoms with E-state index in [1.165, 1.54) is 21.1 Å². The SMILES string of the molecule is CC[C@H]1OC(=O)[C@H](C)[C@@H](OC(=O)NCCc2ccccc2)[C@H](C)[C@@H](O[C@@H]2O[C@H](C)C[C@H](N(C)C)[C@H]2O)[C@](C)(OC)C[C@@H](C)C(=O)[C@H](C)[C@@H](OC)[C@]1(C)O. The first-order valence-electron chi connectivity index (χ1n) is 19.0. The third kappa shape index (κ3) is 10.8. The van der Waals surface area contributed by atoms with Gasteiger partial charge in [-0.05, 0) is 73.0 Å². The number of likely N-dealkylation sites (N-methyl/N-ethyl adjacent to an activating group) is 1. The largest absolute Gasteiger partial charge is 0.459 e. The molecule has 0 saturated carbocycles. The normalized spacial score (nSPS) is 39.2. The van der Waals surface area contributed by atoms with Gasteiger partial charge in [0, 0.05) is 44.6 Å². The molecule has 1 aromatic carbocycles. The Hall–Kier alpha value is -2.65. The Balaban J connectivity index is 2.14. The quantitative estimate of drug-likeness (QED) is 0.294. The van der Waals surface area contributed by atoms with Crippen molar-refractivity contribution in [2.45, 2.75) is 141 Å². The molecule has 1 aromatic rings. The van der Waals surface area contributed by atoms with Crippen LogP contribution in [0.5, 0.6) is 0 Å². The van der Waals surface area contributed by atoms with Crippen molar-refractivity contribution in [1.29, 1.82) is 0 Å². The van der Waals surface area contributed by atoms with E-state index in [1.807, 2.05) is 56.3 Å². The van der Waals surface area contributed by atoms with E-state index >= 15 is 0 Å². The average Bonchev–Trinajstić information content (AvgIpc) is 3.11. The summed E-state index contributed by atoms with van der Waals surface area (Å²) in [6.45, 7) is 14.1. The summed E-state index contributed by atoms with van der Waals surface area (Å²) in [5, 5.41) is 26.2. The average molecular weight is 751 g/mol. The molecule has 53 heavy (non-hydrogen) atoms. The Bertz CT molecular complexity index is 1330. The molecule has 0 aromatic heterocycles. The summed E-state index contributed by atoms with van der Waals surface area (Å²) < 4.78 is 37.1. The first-order valence-corrected chi connectivity index (χ1v) is 19.0. The van der Waals surface area contributed by atoms with E-state index in [0.717, 1.165) is 5.56 Å². The van der Waals surface area contributed by atoms with Crippen molar-refractivity contribution < 1.29 is 53.0 Å². The number of ketones is 1. The third-order valence-electron chi connectivity index (χ3n) is 11.5. The van der Waals surface area contributed by atoms with Crippen LogP contribution in [0.15, 0.2) is 30.3 Å². The number of nitrogens with one attached hydrogen (secondary N) is 1. The Morgan fingerprint density at radius 3 is 2.23 bits per heavy atom. The number of methoxy groups -OCH3 is 2. The van der Waals surface area contributed by atoms with Crippen LogP contribution >= 0.6 is 0 Å². The number of ether oxygens (including phenoxy) is 6. The van der Waals surface area contributed by atoms with Gasteiger partial charge in [-0.3, -0.25) is 9.59 Å². The number of nitrogens with zero attached hydrogens (tertiary/aromatic N) is 1. The predicted molar refractivity (Wildman–Crippen MR) is 199 cm³/mol. The number of hydrogen-bond acceptors (Lipinski definition) is 12. The Morgan fingerprint density at radius 2 is 1.66 bits per heavy atom. The van der Waals surface area contributed by atoms with Gasteiger partial charge in [0.2, 0.25) is 0 Å². The van der Waals surface area contributed by atoms with Crippen LogP contribution in [0, 0.1) is 23.7 Å². The smallest absolute Gasteiger partial charge is 0.407 e. The van der Waals surface area contributed by atoms with Crippen LogP contribution < -0.4 is 5.32 Å². The number of cyclic esters (lactones) is 1. The molecule has 2 fully saturated rings. The van der Waals surface area contributed by atoms with Crippen molar-refractivity contribution in [3.63, 3.8) is 0 Å². The Labute approximate surface area is 316 Å². The summed E-state index contributed by atoms with van der Waals surface area (Å²) in [4.78, 5) is 43.7. The van der Waals surface area contributed by atoms with Gasteiger partial charge < -0.3 is 48.9 Å². The third-order valence-corrected chi connectivity index (χ3v) is 11.5. The lowest BCUT2D eigenvalue weighted by Crippen LogP contribution is -2.61. The van der Waals surface area contributed by atoms with Crippen LogP contribution in [0.1, 0.15) is 80.2 Å². The topological polar surface area (TPSA) is 162 Å². The molecule has 0 aliphatic carbocycles. The lowest BCUT2D eigenvalue weighted by atomic mass is 9.73. The van der Waals surface area contributed by atoms with Crippen molar-refractivity contribution in [1.82, 2.24) is 10.2 Å². The zero-order chi connectivity index (χ0) is 39.8. The van der Waals surface area contributed by atoms with Gasteiger partial charge in [-0.15, -0.1) is 0 Å². The molecule has 2 aliphatic heterocycles. The molecule has 2 saturated heterocycles. The molecule has 2 heterocycles. The zero-order valence-electron chi connectivity index (χ0n) is 33.9. The fourth-order valence-electron chi connectivity index (χ4n) is 8.33. The number of Topliss-reactive ketones (excluding diaryl/α,β-unsaturated/α-hetero) is 1. The molecule has 0 bridgehead atoms. The van der Waals surface area contributed by atoms with Gasteiger partial charge in [0.05, 0.1) is 29.8 Å². The van der Waals surface area contributed by atoms with Crippen molar-refractivity contribution in [2.75, 3.05) is 34.9 Å². The highest BCUT2D eigenvalue weighted by Gasteiger charge is 2.53. The molecule has 14 atom stereocenters. The van der Waals surface area contributed by atoms with Gasteiger partial charge >= 0.3 is 12.1 Å². The number of alkyl carbamates (subject to hydrolysis) is 1. The molecular formula is C40H66N2O11. The highest BCUT2D eigenvalue weighted by atomic mass is 16.7. The zero-order valence-corrected chi connectivity index (χ0v) is 33.9. The molecule has 2 aliphatic rings. The fourth-order valence-corrected chi connectivity index (χ4v) is 8.33. The number of esters is 1. The maximum absolute atomic E-state index is 14.1. The second kappa shape index (κ2) is 19.3. The Morgan fingerprint density at radius 1 is 1.02 bits per heavy atom. The minimum Gasteiger partial charge on any atom is -0.459 e. The van der Waals surface area contributed by atoms with Gasteiger partial charge in [-0.1, -0.05) is 58.0 Å². The number of benzene rings is 1. The summed E-state index contributed by atoms with van der Waals surface area (Å²) in [7, 11) is 6.68. The highest BCUT2D eigenvalue weighted by Crippen LogP contribution is 2.40. The Kier molecular flexibility index (Phi) is 16.3. The summed E-state index contributed by atoms with van der Waals surface area (Å²) in [5.74, 6) is -4.19. The minimum absolute atomic E-state index is 0.141. The van der Waals surface area contributed by atoms with E-state index in [9.17, 15) is 24.6 Å². The number of hydrogen-bond donors (Lipinski definition) is 3. The van der Waals surface area contributed by atoms with Gasteiger partial charge in [0.15, 0.2) is 6.29 Å². The summed E-state index contributed by atoms with van der Waals surface area (Å²) in [6.07, 6.45) is -5.92. The van der Waals surface area contributed by atoms with E-state index in [4.69, 9.17) is 28.4 Å². The van der Waals surface area contributed by atoms with E-state index < -0.39 is 83.7 Å². The molecule has 13 nitrogen and oxygen atoms in total.